The van der Waals surface area contributed by atoms with E-state index in [0.29, 0.717) is 5.69 Å². The second-order valence-electron chi connectivity index (χ2n) is 7.33. The predicted octanol–water partition coefficient (Wildman–Crippen LogP) is 5.22. The number of nitrogens with zero attached hydrogens (tertiary/aromatic N) is 1. The molecule has 0 spiro atoms. The Hall–Kier alpha value is -2.67. The third kappa shape index (κ3) is 6.42. The van der Waals surface area contributed by atoms with Crippen LogP contribution in [0.15, 0.2) is 53.4 Å². The number of ether oxygens (including phenoxy) is 1. The fraction of sp³-hybridized carbons (Fsp3) is 0.391. The van der Waals surface area contributed by atoms with Gasteiger partial charge in [-0.3, -0.25) is 4.79 Å². The summed E-state index contributed by atoms with van der Waals surface area (Å²) >= 11 is 1.49. The Balaban J connectivity index is 1.50. The second kappa shape index (κ2) is 10.9. The Morgan fingerprint density at radius 2 is 1.47 bits per heavy atom. The summed E-state index contributed by atoms with van der Waals surface area (Å²) in [6, 6.07) is 14.8. The van der Waals surface area contributed by atoms with Gasteiger partial charge in [-0.15, -0.1) is 11.8 Å². The van der Waals surface area contributed by atoms with Crippen LogP contribution in [0.2, 0.25) is 0 Å². The van der Waals surface area contributed by atoms with Crippen molar-refractivity contribution in [3.63, 3.8) is 0 Å². The molecule has 0 bridgehead atoms. The van der Waals surface area contributed by atoms with Crippen LogP contribution >= 0.6 is 11.8 Å². The number of likely N-dealkylation sites (tertiary alicyclic amines) is 1. The zero-order valence-corrected chi connectivity index (χ0v) is 18.3. The molecule has 160 valence electrons. The molecule has 3 rings (SSSR count). The van der Waals surface area contributed by atoms with Crippen molar-refractivity contribution in [1.82, 2.24) is 4.90 Å². The number of benzene rings is 2. The normalized spacial score (nSPS) is 15.1. The lowest BCUT2D eigenvalue weighted by Gasteiger charge is -2.21. The number of methoxy groups -OCH3 is 1. The Bertz CT molecular complexity index is 832. The van der Waals surface area contributed by atoms with Crippen LogP contribution in [-0.2, 0) is 4.79 Å². The van der Waals surface area contributed by atoms with Gasteiger partial charge < -0.3 is 20.3 Å². The summed E-state index contributed by atoms with van der Waals surface area (Å²) in [6.07, 6.45) is 4.50. The lowest BCUT2D eigenvalue weighted by atomic mass is 10.2. The van der Waals surface area contributed by atoms with Gasteiger partial charge >= 0.3 is 6.03 Å². The van der Waals surface area contributed by atoms with Crippen LogP contribution in [-0.4, -0.2) is 42.3 Å². The lowest BCUT2D eigenvalue weighted by molar-refractivity contribution is -0.115. The van der Waals surface area contributed by atoms with Gasteiger partial charge in [0, 0.05) is 29.4 Å². The average Bonchev–Trinajstić information content (AvgIpc) is 3.05. The van der Waals surface area contributed by atoms with E-state index in [-0.39, 0.29) is 17.2 Å². The molecule has 2 aromatic rings. The third-order valence-electron chi connectivity index (χ3n) is 5.04. The summed E-state index contributed by atoms with van der Waals surface area (Å²) < 4.78 is 5.16. The first-order valence-electron chi connectivity index (χ1n) is 10.3. The molecule has 7 heteroatoms. The van der Waals surface area contributed by atoms with Crippen LogP contribution in [0.4, 0.5) is 16.2 Å². The highest BCUT2D eigenvalue weighted by molar-refractivity contribution is 8.00. The quantitative estimate of drug-likeness (QED) is 0.620. The van der Waals surface area contributed by atoms with Crippen molar-refractivity contribution in [3.8, 4) is 5.75 Å². The summed E-state index contributed by atoms with van der Waals surface area (Å²) in [5.74, 6) is 0.719. The topological polar surface area (TPSA) is 70.7 Å². The molecule has 2 N–H and O–H groups in total. The number of carbonyl (C=O) groups is 2. The summed E-state index contributed by atoms with van der Waals surface area (Å²) in [6.45, 7) is 3.49. The Kier molecular flexibility index (Phi) is 8.02. The average molecular weight is 428 g/mol. The van der Waals surface area contributed by atoms with Crippen molar-refractivity contribution in [1.29, 1.82) is 0 Å². The number of anilines is 2. The molecule has 0 aromatic heterocycles. The van der Waals surface area contributed by atoms with Crippen molar-refractivity contribution >= 4 is 35.1 Å². The maximum absolute atomic E-state index is 12.5. The molecular weight excluding hydrogens is 398 g/mol. The Morgan fingerprint density at radius 3 is 2.03 bits per heavy atom. The Labute approximate surface area is 182 Å². The molecule has 0 saturated carbocycles. The molecule has 3 amide bonds. The molecule has 0 radical (unpaired) electrons. The number of rotatable bonds is 6. The molecular formula is C23H29N3O3S. The van der Waals surface area contributed by atoms with Gasteiger partial charge in [-0.2, -0.15) is 0 Å². The highest BCUT2D eigenvalue weighted by atomic mass is 32.2. The van der Waals surface area contributed by atoms with E-state index in [1.54, 1.807) is 19.2 Å². The SMILES string of the molecule is COc1ccc(SC(C)C(=O)Nc2ccc(NC(=O)N3CCCCCC3)cc2)cc1. The number of urea groups is 1. The second-order valence-corrected chi connectivity index (χ2v) is 8.75. The first-order chi connectivity index (χ1) is 14.5. The number of amides is 3. The summed E-state index contributed by atoms with van der Waals surface area (Å²) in [5, 5.41) is 5.62. The number of hydrogen-bond acceptors (Lipinski definition) is 4. The van der Waals surface area contributed by atoms with E-state index in [4.69, 9.17) is 4.74 Å². The number of carbonyl (C=O) groups excluding carboxylic acids is 2. The lowest BCUT2D eigenvalue weighted by Crippen LogP contribution is -2.35. The van der Waals surface area contributed by atoms with Crippen molar-refractivity contribution < 1.29 is 14.3 Å². The van der Waals surface area contributed by atoms with Crippen molar-refractivity contribution in [2.75, 3.05) is 30.8 Å². The zero-order valence-electron chi connectivity index (χ0n) is 17.5. The van der Waals surface area contributed by atoms with Crippen LogP contribution in [0.5, 0.6) is 5.75 Å². The maximum atomic E-state index is 12.5. The van der Waals surface area contributed by atoms with Gasteiger partial charge in [-0.1, -0.05) is 12.8 Å². The van der Waals surface area contributed by atoms with E-state index < -0.39 is 0 Å². The van der Waals surface area contributed by atoms with E-state index >= 15 is 0 Å². The summed E-state index contributed by atoms with van der Waals surface area (Å²) in [7, 11) is 1.63. The van der Waals surface area contributed by atoms with E-state index in [1.165, 1.54) is 24.6 Å². The molecule has 1 atom stereocenters. The fourth-order valence-corrected chi connectivity index (χ4v) is 4.14. The standard InChI is InChI=1S/C23H29N3O3S/c1-17(30-21-13-11-20(29-2)12-14-21)22(27)24-18-7-9-19(10-8-18)25-23(28)26-15-5-3-4-6-16-26/h7-14,17H,3-6,15-16H2,1-2H3,(H,24,27)(H,25,28). The molecule has 1 fully saturated rings. The van der Waals surface area contributed by atoms with E-state index in [1.807, 2.05) is 48.2 Å². The third-order valence-corrected chi connectivity index (χ3v) is 6.15. The molecule has 1 unspecified atom stereocenters. The minimum absolute atomic E-state index is 0.0572. The van der Waals surface area contributed by atoms with Crippen molar-refractivity contribution in [2.24, 2.45) is 0 Å². The van der Waals surface area contributed by atoms with Gasteiger partial charge in [0.2, 0.25) is 5.91 Å². The molecule has 1 aliphatic heterocycles. The predicted molar refractivity (Wildman–Crippen MR) is 122 cm³/mol. The highest BCUT2D eigenvalue weighted by Crippen LogP contribution is 2.26. The van der Waals surface area contributed by atoms with E-state index in [0.717, 1.165) is 42.3 Å². The fourth-order valence-electron chi connectivity index (χ4n) is 3.27. The number of hydrogen-bond donors (Lipinski definition) is 2. The van der Waals surface area contributed by atoms with E-state index in [9.17, 15) is 9.59 Å². The van der Waals surface area contributed by atoms with Crippen molar-refractivity contribution in [3.05, 3.63) is 48.5 Å². The maximum Gasteiger partial charge on any atom is 0.321 e. The van der Waals surface area contributed by atoms with Crippen molar-refractivity contribution in [2.45, 2.75) is 42.8 Å². The van der Waals surface area contributed by atoms with Gasteiger partial charge in [0.05, 0.1) is 12.4 Å². The van der Waals surface area contributed by atoms with Crippen LogP contribution in [0.3, 0.4) is 0 Å². The van der Waals surface area contributed by atoms with Crippen LogP contribution < -0.4 is 15.4 Å². The molecule has 6 nitrogen and oxygen atoms in total. The number of nitrogens with one attached hydrogen (secondary N) is 2. The molecule has 1 saturated heterocycles. The number of thioether (sulfide) groups is 1. The van der Waals surface area contributed by atoms with Crippen LogP contribution in [0.25, 0.3) is 0 Å². The summed E-state index contributed by atoms with van der Waals surface area (Å²) in [5.41, 5.74) is 1.43. The minimum Gasteiger partial charge on any atom is -0.497 e. The Morgan fingerprint density at radius 1 is 0.900 bits per heavy atom. The summed E-state index contributed by atoms with van der Waals surface area (Å²) in [4.78, 5) is 27.8. The molecule has 2 aromatic carbocycles. The first-order valence-corrected chi connectivity index (χ1v) is 11.2. The van der Waals surface area contributed by atoms with Gasteiger partial charge in [0.1, 0.15) is 5.75 Å². The minimum atomic E-state index is -0.249. The largest absolute Gasteiger partial charge is 0.497 e. The molecule has 30 heavy (non-hydrogen) atoms. The van der Waals surface area contributed by atoms with Gasteiger partial charge in [-0.05, 0) is 68.3 Å². The highest BCUT2D eigenvalue weighted by Gasteiger charge is 2.16. The van der Waals surface area contributed by atoms with Crippen LogP contribution in [0, 0.1) is 0 Å². The molecule has 1 aliphatic rings. The zero-order chi connectivity index (χ0) is 21.3. The van der Waals surface area contributed by atoms with Gasteiger partial charge in [0.15, 0.2) is 0 Å². The smallest absolute Gasteiger partial charge is 0.321 e. The van der Waals surface area contributed by atoms with Crippen LogP contribution in [0.1, 0.15) is 32.6 Å². The molecule has 0 aliphatic carbocycles. The van der Waals surface area contributed by atoms with E-state index in [2.05, 4.69) is 10.6 Å². The first kappa shape index (κ1) is 22.0. The van der Waals surface area contributed by atoms with Gasteiger partial charge in [-0.25, -0.2) is 4.79 Å². The monoisotopic (exact) mass is 427 g/mol. The molecule has 1 heterocycles. The van der Waals surface area contributed by atoms with Gasteiger partial charge in [0.25, 0.3) is 0 Å².